The van der Waals surface area contributed by atoms with Gasteiger partial charge in [0.2, 0.25) is 0 Å². The van der Waals surface area contributed by atoms with Gasteiger partial charge in [-0.3, -0.25) is 0 Å². The molecule has 0 heterocycles. The van der Waals surface area contributed by atoms with Crippen LogP contribution in [-0.2, 0) is 0 Å². The summed E-state index contributed by atoms with van der Waals surface area (Å²) in [5, 5.41) is 15.0. The summed E-state index contributed by atoms with van der Waals surface area (Å²) >= 11 is 0. The third-order valence-corrected chi connectivity index (χ3v) is 4.36. The molecule has 0 aromatic heterocycles. The zero-order valence-corrected chi connectivity index (χ0v) is 10.0. The standard InChI is InChI=1S/C12H23N3O/c1-8(12(13)15-16)6-14-7-11-5-9-2-3-10(11)4-9/h8-11,14,16H,2-7H2,1H3,(H2,13,15). The van der Waals surface area contributed by atoms with Crippen molar-refractivity contribution in [2.75, 3.05) is 13.1 Å². The fourth-order valence-corrected chi connectivity index (χ4v) is 3.31. The minimum Gasteiger partial charge on any atom is -0.409 e. The normalized spacial score (nSPS) is 35.6. The molecule has 92 valence electrons. The number of rotatable bonds is 5. The van der Waals surface area contributed by atoms with E-state index in [-0.39, 0.29) is 5.92 Å². The number of oxime groups is 1. The summed E-state index contributed by atoms with van der Waals surface area (Å²) in [7, 11) is 0. The molecule has 2 bridgehead atoms. The van der Waals surface area contributed by atoms with Crippen LogP contribution < -0.4 is 11.1 Å². The van der Waals surface area contributed by atoms with Crippen LogP contribution in [0.2, 0.25) is 0 Å². The van der Waals surface area contributed by atoms with Gasteiger partial charge in [0, 0.05) is 12.5 Å². The largest absolute Gasteiger partial charge is 0.409 e. The smallest absolute Gasteiger partial charge is 0.143 e. The molecule has 4 nitrogen and oxygen atoms in total. The Hall–Kier alpha value is -0.770. The van der Waals surface area contributed by atoms with Gasteiger partial charge in [0.05, 0.1) is 0 Å². The molecule has 4 unspecified atom stereocenters. The van der Waals surface area contributed by atoms with Crippen LogP contribution in [0, 0.1) is 23.7 Å². The molecular weight excluding hydrogens is 202 g/mol. The Morgan fingerprint density at radius 2 is 2.31 bits per heavy atom. The first-order valence-electron chi connectivity index (χ1n) is 6.38. The first-order chi connectivity index (χ1) is 7.70. The predicted molar refractivity (Wildman–Crippen MR) is 64.4 cm³/mol. The second-order valence-corrected chi connectivity index (χ2v) is 5.52. The van der Waals surface area contributed by atoms with Crippen LogP contribution in [-0.4, -0.2) is 24.1 Å². The Balaban J connectivity index is 1.65. The Bertz CT molecular complexity index is 267. The van der Waals surface area contributed by atoms with Crippen molar-refractivity contribution in [3.8, 4) is 0 Å². The van der Waals surface area contributed by atoms with Crippen molar-refractivity contribution < 1.29 is 5.21 Å². The number of nitrogens with one attached hydrogen (secondary N) is 1. The van der Waals surface area contributed by atoms with Gasteiger partial charge >= 0.3 is 0 Å². The third-order valence-electron chi connectivity index (χ3n) is 4.36. The van der Waals surface area contributed by atoms with Crippen molar-refractivity contribution in [1.82, 2.24) is 5.32 Å². The van der Waals surface area contributed by atoms with Crippen molar-refractivity contribution in [2.45, 2.75) is 32.6 Å². The second kappa shape index (κ2) is 5.04. The van der Waals surface area contributed by atoms with Gasteiger partial charge < -0.3 is 16.3 Å². The maximum absolute atomic E-state index is 8.54. The minimum absolute atomic E-state index is 0.114. The van der Waals surface area contributed by atoms with Gasteiger partial charge in [0.1, 0.15) is 5.84 Å². The van der Waals surface area contributed by atoms with E-state index in [9.17, 15) is 0 Å². The monoisotopic (exact) mass is 225 g/mol. The van der Waals surface area contributed by atoms with E-state index in [1.54, 1.807) is 0 Å². The maximum Gasteiger partial charge on any atom is 0.143 e. The molecule has 0 radical (unpaired) electrons. The predicted octanol–water partition coefficient (Wildman–Crippen LogP) is 1.39. The first kappa shape index (κ1) is 11.7. The maximum atomic E-state index is 8.54. The van der Waals surface area contributed by atoms with E-state index in [1.165, 1.54) is 25.7 Å². The van der Waals surface area contributed by atoms with E-state index in [2.05, 4.69) is 10.5 Å². The molecule has 0 aliphatic heterocycles. The van der Waals surface area contributed by atoms with Crippen LogP contribution in [0.3, 0.4) is 0 Å². The van der Waals surface area contributed by atoms with Gasteiger partial charge in [-0.05, 0) is 43.6 Å². The quantitative estimate of drug-likeness (QED) is 0.287. The molecule has 0 amide bonds. The van der Waals surface area contributed by atoms with Crippen molar-refractivity contribution in [3.63, 3.8) is 0 Å². The summed E-state index contributed by atoms with van der Waals surface area (Å²) in [5.41, 5.74) is 5.53. The molecule has 2 saturated carbocycles. The summed E-state index contributed by atoms with van der Waals surface area (Å²) in [6, 6.07) is 0. The summed E-state index contributed by atoms with van der Waals surface area (Å²) in [6.07, 6.45) is 5.77. The molecule has 2 fully saturated rings. The molecule has 2 aliphatic rings. The van der Waals surface area contributed by atoms with Crippen LogP contribution in [0.5, 0.6) is 0 Å². The molecule has 2 rings (SSSR count). The average Bonchev–Trinajstić information content (AvgIpc) is 2.89. The Morgan fingerprint density at radius 3 is 2.88 bits per heavy atom. The number of hydrogen-bond acceptors (Lipinski definition) is 3. The number of amidine groups is 1. The van der Waals surface area contributed by atoms with Crippen molar-refractivity contribution in [1.29, 1.82) is 0 Å². The topological polar surface area (TPSA) is 70.6 Å². The van der Waals surface area contributed by atoms with E-state index in [1.807, 2.05) is 6.92 Å². The van der Waals surface area contributed by atoms with E-state index < -0.39 is 0 Å². The van der Waals surface area contributed by atoms with E-state index >= 15 is 0 Å². The van der Waals surface area contributed by atoms with Gasteiger partial charge in [0.15, 0.2) is 0 Å². The van der Waals surface area contributed by atoms with Crippen LogP contribution >= 0.6 is 0 Å². The summed E-state index contributed by atoms with van der Waals surface area (Å²) in [4.78, 5) is 0. The Kier molecular flexibility index (Phi) is 3.69. The molecule has 0 aromatic rings. The molecule has 0 saturated heterocycles. The molecule has 16 heavy (non-hydrogen) atoms. The van der Waals surface area contributed by atoms with Gasteiger partial charge in [-0.15, -0.1) is 0 Å². The number of nitrogens with two attached hydrogens (primary N) is 1. The first-order valence-corrected chi connectivity index (χ1v) is 6.38. The minimum atomic E-state index is 0.114. The van der Waals surface area contributed by atoms with Gasteiger partial charge in [-0.1, -0.05) is 18.5 Å². The Labute approximate surface area is 97.3 Å². The molecule has 0 spiro atoms. The number of fused-ring (bicyclic) bond motifs is 2. The molecule has 4 atom stereocenters. The van der Waals surface area contributed by atoms with Crippen LogP contribution in [0.1, 0.15) is 32.6 Å². The molecular formula is C12H23N3O. The van der Waals surface area contributed by atoms with E-state index in [0.717, 1.165) is 30.8 Å². The van der Waals surface area contributed by atoms with Crippen molar-refractivity contribution >= 4 is 5.84 Å². The fraction of sp³-hybridized carbons (Fsp3) is 0.917. The molecule has 2 aliphatic carbocycles. The molecule has 4 N–H and O–H groups in total. The highest BCUT2D eigenvalue weighted by atomic mass is 16.4. The average molecular weight is 225 g/mol. The van der Waals surface area contributed by atoms with Crippen molar-refractivity contribution in [2.24, 2.45) is 34.6 Å². The van der Waals surface area contributed by atoms with Crippen LogP contribution in [0.4, 0.5) is 0 Å². The lowest BCUT2D eigenvalue weighted by molar-refractivity contribution is 0.308. The van der Waals surface area contributed by atoms with Gasteiger partial charge in [-0.25, -0.2) is 0 Å². The lowest BCUT2D eigenvalue weighted by atomic mass is 9.89. The summed E-state index contributed by atoms with van der Waals surface area (Å²) in [5.74, 6) is 3.29. The summed E-state index contributed by atoms with van der Waals surface area (Å²) < 4.78 is 0. The van der Waals surface area contributed by atoms with Gasteiger partial charge in [0.25, 0.3) is 0 Å². The van der Waals surface area contributed by atoms with E-state index in [0.29, 0.717) is 5.84 Å². The highest BCUT2D eigenvalue weighted by molar-refractivity contribution is 5.82. The molecule has 4 heteroatoms. The molecule has 0 aromatic carbocycles. The number of hydrogen-bond donors (Lipinski definition) is 3. The summed E-state index contributed by atoms with van der Waals surface area (Å²) in [6.45, 7) is 3.89. The zero-order valence-electron chi connectivity index (χ0n) is 10.0. The number of nitrogens with zero attached hydrogens (tertiary/aromatic N) is 1. The lowest BCUT2D eigenvalue weighted by Gasteiger charge is -2.22. The van der Waals surface area contributed by atoms with E-state index in [4.69, 9.17) is 10.9 Å². The third kappa shape index (κ3) is 2.48. The highest BCUT2D eigenvalue weighted by Gasteiger charge is 2.38. The van der Waals surface area contributed by atoms with Gasteiger partial charge in [-0.2, -0.15) is 0 Å². The van der Waals surface area contributed by atoms with Crippen molar-refractivity contribution in [3.05, 3.63) is 0 Å². The highest BCUT2D eigenvalue weighted by Crippen LogP contribution is 2.47. The SMILES string of the molecule is CC(CNCC1CC2CCC1C2)C(N)=NO. The van der Waals surface area contributed by atoms with Crippen LogP contribution in [0.25, 0.3) is 0 Å². The zero-order chi connectivity index (χ0) is 11.5. The Morgan fingerprint density at radius 1 is 1.50 bits per heavy atom. The second-order valence-electron chi connectivity index (χ2n) is 5.52. The van der Waals surface area contributed by atoms with Crippen LogP contribution in [0.15, 0.2) is 5.16 Å². The lowest BCUT2D eigenvalue weighted by Crippen LogP contribution is -2.34. The fourth-order valence-electron chi connectivity index (χ4n) is 3.31.